The molecule has 0 spiro atoms. The molecule has 1 rings (SSSR count). The van der Waals surface area contributed by atoms with E-state index in [4.69, 9.17) is 15.3 Å². The van der Waals surface area contributed by atoms with Crippen LogP contribution in [0.2, 0.25) is 25.7 Å². The average molecular weight is 374 g/mol. The van der Waals surface area contributed by atoms with E-state index in [-0.39, 0.29) is 10.8 Å². The van der Waals surface area contributed by atoms with Gasteiger partial charge in [0.2, 0.25) is 11.3 Å². The molecule has 0 radical (unpaired) electrons. The Balaban J connectivity index is 2.76. The Morgan fingerprint density at radius 1 is 1.42 bits per heavy atom. The summed E-state index contributed by atoms with van der Waals surface area (Å²) < 4.78 is 5.21. The van der Waals surface area contributed by atoms with Crippen LogP contribution in [0.5, 0.6) is 0 Å². The van der Waals surface area contributed by atoms with Crippen LogP contribution in [0.1, 0.15) is 19.5 Å². The van der Waals surface area contributed by atoms with Gasteiger partial charge in [0.25, 0.3) is 0 Å². The first kappa shape index (κ1) is 20.1. The second-order valence-electron chi connectivity index (χ2n) is 6.86. The summed E-state index contributed by atoms with van der Waals surface area (Å²) in [4.78, 5) is 32.3. The molecule has 134 valence electrons. The van der Waals surface area contributed by atoms with Gasteiger partial charge in [-0.2, -0.15) is 0 Å². The Morgan fingerprint density at radius 3 is 2.50 bits per heavy atom. The highest BCUT2D eigenvalue weighted by Gasteiger charge is 2.33. The van der Waals surface area contributed by atoms with Gasteiger partial charge in [-0.1, -0.05) is 24.8 Å². The fourth-order valence-corrected chi connectivity index (χ4v) is 2.67. The fourth-order valence-electron chi connectivity index (χ4n) is 1.41. The topological polar surface area (TPSA) is 124 Å². The van der Waals surface area contributed by atoms with Crippen LogP contribution in [0.25, 0.3) is 0 Å². The Kier molecular flexibility index (Phi) is 6.49. The Morgan fingerprint density at radius 2 is 2.04 bits per heavy atom. The number of ether oxygens (including phenoxy) is 1. The lowest BCUT2D eigenvalue weighted by Crippen LogP contribution is -2.37. The van der Waals surface area contributed by atoms with Crippen molar-refractivity contribution >= 4 is 42.2 Å². The van der Waals surface area contributed by atoms with Gasteiger partial charge in [0.1, 0.15) is 5.69 Å². The van der Waals surface area contributed by atoms with Crippen molar-refractivity contribution < 1.29 is 24.3 Å². The van der Waals surface area contributed by atoms with Gasteiger partial charge >= 0.3 is 11.9 Å². The summed E-state index contributed by atoms with van der Waals surface area (Å²) >= 11 is 1.08. The molecule has 0 aliphatic heterocycles. The molecule has 0 bridgehead atoms. The zero-order valence-corrected chi connectivity index (χ0v) is 16.3. The quantitative estimate of drug-likeness (QED) is 0.310. The van der Waals surface area contributed by atoms with E-state index in [0.717, 1.165) is 17.4 Å². The third-order valence-electron chi connectivity index (χ3n) is 2.91. The first-order valence-corrected chi connectivity index (χ1v) is 11.9. The molecule has 3 N–H and O–H groups in total. The zero-order chi connectivity index (χ0) is 18.5. The number of nitrogen functional groups attached to an aromatic ring is 1. The molecule has 0 amide bonds. The number of rotatable bonds is 8. The number of hydrogen-bond acceptors (Lipinski definition) is 8. The van der Waals surface area contributed by atoms with E-state index >= 15 is 0 Å². The van der Waals surface area contributed by atoms with Gasteiger partial charge in [-0.25, -0.2) is 14.6 Å². The highest BCUT2D eigenvalue weighted by Crippen LogP contribution is 2.17. The lowest BCUT2D eigenvalue weighted by molar-refractivity contribution is -0.167. The molecule has 0 unspecified atom stereocenters. The van der Waals surface area contributed by atoms with Crippen LogP contribution in [0.4, 0.5) is 5.13 Å². The predicted octanol–water partition coefficient (Wildman–Crippen LogP) is 2.19. The van der Waals surface area contributed by atoms with E-state index < -0.39 is 31.3 Å². The molecule has 0 aliphatic carbocycles. The van der Waals surface area contributed by atoms with Crippen LogP contribution >= 0.6 is 11.3 Å². The normalized spacial score (nSPS) is 12.8. The number of aliphatic carboxylic acids is 1. The Bertz CT molecular complexity index is 637. The molecule has 0 atom stereocenters. The monoisotopic (exact) mass is 373 g/mol. The number of oxime groups is 1. The van der Waals surface area contributed by atoms with Crippen LogP contribution in [0.15, 0.2) is 10.5 Å². The van der Waals surface area contributed by atoms with Gasteiger partial charge in [0, 0.05) is 13.5 Å². The maximum absolute atomic E-state index is 12.1. The number of thiazole rings is 1. The standard InChI is InChI=1S/C14H23N3O5SSi/c1-14(2,12(20)21-6-7-24(3,4)5)22-17-10(11(18)19)9-8-23-13(15)16-9/h8H,6-7H2,1-5H3,(H2,15,16)(H,18,19)/b17-10+. The van der Waals surface area contributed by atoms with Gasteiger partial charge in [-0.15, -0.1) is 11.3 Å². The predicted molar refractivity (Wildman–Crippen MR) is 95.0 cm³/mol. The number of carbonyl (C=O) groups excluding carboxylic acids is 1. The van der Waals surface area contributed by atoms with Crippen LogP contribution in [0, 0.1) is 0 Å². The molecule has 0 aromatic carbocycles. The summed E-state index contributed by atoms with van der Waals surface area (Å²) in [5.41, 5.74) is 3.72. The molecule has 24 heavy (non-hydrogen) atoms. The van der Waals surface area contributed by atoms with Crippen LogP contribution in [-0.2, 0) is 19.2 Å². The SMILES string of the molecule is CC(C)(O/N=C(/C(=O)O)c1csc(N)n1)C(=O)OCC[Si](C)(C)C. The minimum Gasteiger partial charge on any atom is -0.476 e. The first-order valence-electron chi connectivity index (χ1n) is 7.30. The number of hydrogen-bond donors (Lipinski definition) is 2. The van der Waals surface area contributed by atoms with Crippen molar-refractivity contribution in [3.63, 3.8) is 0 Å². The van der Waals surface area contributed by atoms with E-state index in [1.54, 1.807) is 0 Å². The van der Waals surface area contributed by atoms with Crippen molar-refractivity contribution in [3.8, 4) is 0 Å². The zero-order valence-electron chi connectivity index (χ0n) is 14.5. The van der Waals surface area contributed by atoms with E-state index in [1.807, 2.05) is 0 Å². The van der Waals surface area contributed by atoms with E-state index in [0.29, 0.717) is 6.61 Å². The fraction of sp³-hybridized carbons (Fsp3) is 0.571. The van der Waals surface area contributed by atoms with Gasteiger partial charge in [0.15, 0.2) is 5.13 Å². The lowest BCUT2D eigenvalue weighted by Gasteiger charge is -2.22. The molecule has 0 aliphatic rings. The van der Waals surface area contributed by atoms with Gasteiger partial charge < -0.3 is 20.4 Å². The van der Waals surface area contributed by atoms with E-state index in [9.17, 15) is 14.7 Å². The smallest absolute Gasteiger partial charge is 0.360 e. The van der Waals surface area contributed by atoms with E-state index in [2.05, 4.69) is 29.8 Å². The van der Waals surface area contributed by atoms with E-state index in [1.165, 1.54) is 19.2 Å². The maximum atomic E-state index is 12.1. The summed E-state index contributed by atoms with van der Waals surface area (Å²) in [6, 6.07) is 0.830. The Labute approximate surface area is 145 Å². The third-order valence-corrected chi connectivity index (χ3v) is 5.29. The number of carbonyl (C=O) groups is 2. The number of aromatic nitrogens is 1. The molecule has 1 heterocycles. The minimum absolute atomic E-state index is 0.0768. The van der Waals surface area contributed by atoms with Crippen molar-refractivity contribution in [2.24, 2.45) is 5.16 Å². The summed E-state index contributed by atoms with van der Waals surface area (Å²) in [6.45, 7) is 9.74. The summed E-state index contributed by atoms with van der Waals surface area (Å²) in [6.07, 6.45) is 0. The number of nitrogens with zero attached hydrogens (tertiary/aromatic N) is 2. The number of nitrogens with two attached hydrogens (primary N) is 1. The largest absolute Gasteiger partial charge is 0.476 e. The molecule has 0 saturated heterocycles. The number of esters is 1. The van der Waals surface area contributed by atoms with Gasteiger partial charge in [0.05, 0.1) is 6.61 Å². The van der Waals surface area contributed by atoms with Crippen LogP contribution in [0.3, 0.4) is 0 Å². The molecule has 10 heteroatoms. The lowest BCUT2D eigenvalue weighted by atomic mass is 10.1. The number of carboxylic acids is 1. The van der Waals surface area contributed by atoms with Crippen molar-refractivity contribution in [2.75, 3.05) is 12.3 Å². The maximum Gasteiger partial charge on any atom is 0.360 e. The van der Waals surface area contributed by atoms with Crippen LogP contribution < -0.4 is 5.73 Å². The minimum atomic E-state index is -1.41. The van der Waals surface area contributed by atoms with Crippen molar-refractivity contribution in [1.29, 1.82) is 0 Å². The second kappa shape index (κ2) is 7.75. The molecule has 0 fully saturated rings. The van der Waals surface area contributed by atoms with Crippen molar-refractivity contribution in [1.82, 2.24) is 4.98 Å². The summed E-state index contributed by atoms with van der Waals surface area (Å²) in [5.74, 6) is -1.93. The third kappa shape index (κ3) is 6.28. The Hall–Kier alpha value is -1.94. The molecular formula is C14H23N3O5SSi. The summed E-state index contributed by atoms with van der Waals surface area (Å²) in [7, 11) is -1.32. The molecule has 8 nitrogen and oxygen atoms in total. The van der Waals surface area contributed by atoms with Crippen molar-refractivity contribution in [3.05, 3.63) is 11.1 Å². The first-order chi connectivity index (χ1) is 10.9. The summed E-state index contributed by atoms with van der Waals surface area (Å²) in [5, 5.41) is 14.4. The van der Waals surface area contributed by atoms with Gasteiger partial charge in [-0.3, -0.25) is 0 Å². The highest BCUT2D eigenvalue weighted by molar-refractivity contribution is 7.13. The molecule has 1 aromatic heterocycles. The average Bonchev–Trinajstić information content (AvgIpc) is 2.83. The second-order valence-corrected chi connectivity index (χ2v) is 13.4. The van der Waals surface area contributed by atoms with Crippen molar-refractivity contribution in [2.45, 2.75) is 45.1 Å². The number of carboxylic acid groups (broad SMARTS) is 1. The molecule has 1 aromatic rings. The number of anilines is 1. The highest BCUT2D eigenvalue weighted by atomic mass is 32.1. The molecule has 0 saturated carbocycles. The van der Waals surface area contributed by atoms with Gasteiger partial charge in [-0.05, 0) is 19.9 Å². The molecular weight excluding hydrogens is 350 g/mol. The van der Waals surface area contributed by atoms with Crippen LogP contribution in [-0.4, -0.2) is 48.0 Å².